The van der Waals surface area contributed by atoms with Gasteiger partial charge in [-0.2, -0.15) is 0 Å². The van der Waals surface area contributed by atoms with Crippen LogP contribution in [-0.2, 0) is 4.79 Å². The van der Waals surface area contributed by atoms with E-state index in [-0.39, 0.29) is 18.3 Å². The van der Waals surface area contributed by atoms with Crippen LogP contribution in [0.3, 0.4) is 0 Å². The smallest absolute Gasteiger partial charge is 0.263 e. The van der Waals surface area contributed by atoms with E-state index in [0.29, 0.717) is 5.75 Å². The van der Waals surface area contributed by atoms with E-state index in [1.165, 1.54) is 29.2 Å². The van der Waals surface area contributed by atoms with Crippen molar-refractivity contribution in [2.24, 2.45) is 0 Å². The molecule has 1 aromatic rings. The largest absolute Gasteiger partial charge is 0.481 e. The minimum absolute atomic E-state index is 0.236. The molecule has 0 heterocycles. The van der Waals surface area contributed by atoms with Crippen LogP contribution in [0.1, 0.15) is 13.8 Å². The molecule has 0 saturated heterocycles. The van der Waals surface area contributed by atoms with Gasteiger partial charge in [0.05, 0.1) is 6.10 Å². The first-order chi connectivity index (χ1) is 8.40. The summed E-state index contributed by atoms with van der Waals surface area (Å²) >= 11 is 0. The van der Waals surface area contributed by atoms with Gasteiger partial charge < -0.3 is 14.7 Å². The lowest BCUT2D eigenvalue weighted by Gasteiger charge is -2.23. The summed E-state index contributed by atoms with van der Waals surface area (Å²) in [4.78, 5) is 13.3. The lowest BCUT2D eigenvalue weighted by Crippen LogP contribution is -2.41. The molecule has 0 aliphatic carbocycles. The third kappa shape index (κ3) is 4.33. The zero-order valence-electron chi connectivity index (χ0n) is 10.8. The number of halogens is 1. The van der Waals surface area contributed by atoms with E-state index in [2.05, 4.69) is 0 Å². The maximum absolute atomic E-state index is 12.7. The molecule has 0 fully saturated rings. The maximum Gasteiger partial charge on any atom is 0.263 e. The second-order valence-electron chi connectivity index (χ2n) is 4.28. The fraction of sp³-hybridized carbons (Fsp3) is 0.462. The highest BCUT2D eigenvalue weighted by atomic mass is 19.1. The zero-order chi connectivity index (χ0) is 13.7. The van der Waals surface area contributed by atoms with Gasteiger partial charge in [0.2, 0.25) is 0 Å². The molecule has 2 atom stereocenters. The van der Waals surface area contributed by atoms with Crippen molar-refractivity contribution in [2.75, 3.05) is 13.6 Å². The summed E-state index contributed by atoms with van der Waals surface area (Å²) in [6.45, 7) is 3.47. The summed E-state index contributed by atoms with van der Waals surface area (Å²) in [5.41, 5.74) is 0. The van der Waals surface area contributed by atoms with Crippen LogP contribution < -0.4 is 4.74 Å². The maximum atomic E-state index is 12.7. The first kappa shape index (κ1) is 14.4. The highest BCUT2D eigenvalue weighted by Crippen LogP contribution is 2.13. The number of carbonyl (C=O) groups is 1. The van der Waals surface area contributed by atoms with Gasteiger partial charge in [-0.05, 0) is 38.1 Å². The number of benzene rings is 1. The summed E-state index contributed by atoms with van der Waals surface area (Å²) in [6.07, 6.45) is -1.27. The molecule has 0 aromatic heterocycles. The van der Waals surface area contributed by atoms with Gasteiger partial charge in [0, 0.05) is 13.6 Å². The molecular formula is C13H18FNO3. The predicted molar refractivity (Wildman–Crippen MR) is 65.8 cm³/mol. The molecule has 0 saturated carbocycles. The number of hydrogen-bond acceptors (Lipinski definition) is 3. The molecule has 1 N–H and O–H groups in total. The van der Waals surface area contributed by atoms with Gasteiger partial charge in [0.1, 0.15) is 11.6 Å². The summed E-state index contributed by atoms with van der Waals surface area (Å²) in [7, 11) is 1.60. The molecule has 1 amide bonds. The van der Waals surface area contributed by atoms with Crippen LogP contribution in [0, 0.1) is 5.82 Å². The van der Waals surface area contributed by atoms with E-state index in [4.69, 9.17) is 4.74 Å². The van der Waals surface area contributed by atoms with E-state index in [0.717, 1.165) is 0 Å². The lowest BCUT2D eigenvalue weighted by molar-refractivity contribution is -0.137. The first-order valence-corrected chi connectivity index (χ1v) is 5.75. The van der Waals surface area contributed by atoms with E-state index in [1.807, 2.05) is 0 Å². The number of likely N-dealkylation sites (N-methyl/N-ethyl adjacent to an activating group) is 1. The molecule has 1 rings (SSSR count). The number of aliphatic hydroxyl groups excluding tert-OH is 1. The Morgan fingerprint density at radius 2 is 1.94 bits per heavy atom. The van der Waals surface area contributed by atoms with E-state index < -0.39 is 12.2 Å². The zero-order valence-corrected chi connectivity index (χ0v) is 10.8. The number of ether oxygens (including phenoxy) is 1. The minimum Gasteiger partial charge on any atom is -0.481 e. The molecular weight excluding hydrogens is 237 g/mol. The number of rotatable bonds is 5. The summed E-state index contributed by atoms with van der Waals surface area (Å²) in [5, 5.41) is 9.20. The van der Waals surface area contributed by atoms with Gasteiger partial charge in [-0.25, -0.2) is 4.39 Å². The molecule has 1 aromatic carbocycles. The predicted octanol–water partition coefficient (Wildman–Crippen LogP) is 1.43. The van der Waals surface area contributed by atoms with Crippen molar-refractivity contribution in [3.63, 3.8) is 0 Å². The Hall–Kier alpha value is -1.62. The molecule has 0 aliphatic rings. The van der Waals surface area contributed by atoms with Crippen molar-refractivity contribution in [2.45, 2.75) is 26.1 Å². The normalized spacial score (nSPS) is 13.8. The Labute approximate surface area is 106 Å². The Morgan fingerprint density at radius 3 is 2.44 bits per heavy atom. The number of nitrogens with zero attached hydrogens (tertiary/aromatic N) is 1. The molecule has 0 bridgehead atoms. The number of hydrogen-bond donors (Lipinski definition) is 1. The van der Waals surface area contributed by atoms with Gasteiger partial charge in [0.15, 0.2) is 6.10 Å². The van der Waals surface area contributed by atoms with Crippen LogP contribution in [0.5, 0.6) is 5.75 Å². The van der Waals surface area contributed by atoms with Crippen molar-refractivity contribution >= 4 is 5.91 Å². The van der Waals surface area contributed by atoms with Crippen LogP contribution in [0.4, 0.5) is 4.39 Å². The lowest BCUT2D eigenvalue weighted by atomic mass is 10.3. The quantitative estimate of drug-likeness (QED) is 0.866. The number of amides is 1. The Morgan fingerprint density at radius 1 is 1.39 bits per heavy atom. The second kappa shape index (κ2) is 6.35. The van der Waals surface area contributed by atoms with Crippen molar-refractivity contribution in [1.82, 2.24) is 4.90 Å². The average Bonchev–Trinajstić information content (AvgIpc) is 2.30. The third-order valence-corrected chi connectivity index (χ3v) is 2.39. The van der Waals surface area contributed by atoms with E-state index in [9.17, 15) is 14.3 Å². The van der Waals surface area contributed by atoms with Crippen molar-refractivity contribution in [3.05, 3.63) is 30.1 Å². The molecule has 0 aliphatic heterocycles. The molecule has 100 valence electrons. The third-order valence-electron chi connectivity index (χ3n) is 2.39. The molecule has 18 heavy (non-hydrogen) atoms. The van der Waals surface area contributed by atoms with Gasteiger partial charge >= 0.3 is 0 Å². The molecule has 0 spiro atoms. The van der Waals surface area contributed by atoms with Gasteiger partial charge in [-0.3, -0.25) is 4.79 Å². The standard InChI is InChI=1S/C13H18FNO3/c1-9(16)8-15(3)13(17)10(2)18-12-6-4-11(14)5-7-12/h4-7,9-10,16H,8H2,1-3H3. The Kier molecular flexibility index (Phi) is 5.09. The Bertz CT molecular complexity index is 392. The van der Waals surface area contributed by atoms with Gasteiger partial charge in [-0.1, -0.05) is 0 Å². The minimum atomic E-state index is -0.681. The highest BCUT2D eigenvalue weighted by Gasteiger charge is 2.20. The van der Waals surface area contributed by atoms with Crippen LogP contribution in [-0.4, -0.2) is 41.7 Å². The highest BCUT2D eigenvalue weighted by molar-refractivity contribution is 5.80. The SMILES string of the molecule is CC(O)CN(C)C(=O)C(C)Oc1ccc(F)cc1. The summed E-state index contributed by atoms with van der Waals surface area (Å²) in [5.74, 6) is -0.157. The van der Waals surface area contributed by atoms with Crippen LogP contribution in [0.25, 0.3) is 0 Å². The number of carbonyl (C=O) groups excluding carboxylic acids is 1. The van der Waals surface area contributed by atoms with E-state index >= 15 is 0 Å². The van der Waals surface area contributed by atoms with Crippen molar-refractivity contribution in [3.8, 4) is 5.75 Å². The second-order valence-corrected chi connectivity index (χ2v) is 4.28. The fourth-order valence-corrected chi connectivity index (χ4v) is 1.56. The van der Waals surface area contributed by atoms with Crippen LogP contribution in [0.15, 0.2) is 24.3 Å². The fourth-order valence-electron chi connectivity index (χ4n) is 1.56. The van der Waals surface area contributed by atoms with Crippen molar-refractivity contribution < 1.29 is 19.0 Å². The number of aliphatic hydroxyl groups is 1. The van der Waals surface area contributed by atoms with Crippen LogP contribution >= 0.6 is 0 Å². The summed E-state index contributed by atoms with van der Waals surface area (Å²) in [6, 6.07) is 5.47. The molecule has 5 heteroatoms. The Balaban J connectivity index is 2.56. The molecule has 2 unspecified atom stereocenters. The van der Waals surface area contributed by atoms with Gasteiger partial charge in [0.25, 0.3) is 5.91 Å². The molecule has 4 nitrogen and oxygen atoms in total. The monoisotopic (exact) mass is 255 g/mol. The molecule has 0 radical (unpaired) electrons. The topological polar surface area (TPSA) is 49.8 Å². The van der Waals surface area contributed by atoms with Gasteiger partial charge in [-0.15, -0.1) is 0 Å². The van der Waals surface area contributed by atoms with Crippen LogP contribution in [0.2, 0.25) is 0 Å². The van der Waals surface area contributed by atoms with E-state index in [1.54, 1.807) is 20.9 Å². The average molecular weight is 255 g/mol. The van der Waals surface area contributed by atoms with Crippen molar-refractivity contribution in [1.29, 1.82) is 0 Å². The first-order valence-electron chi connectivity index (χ1n) is 5.75. The summed E-state index contributed by atoms with van der Waals surface area (Å²) < 4.78 is 18.1.